The smallest absolute Gasteiger partial charge is 0.223 e. The van der Waals surface area contributed by atoms with Crippen molar-refractivity contribution in [2.75, 3.05) is 19.4 Å². The molecule has 1 amide bonds. The monoisotopic (exact) mass is 365 g/mol. The van der Waals surface area contributed by atoms with Gasteiger partial charge in [0, 0.05) is 24.0 Å². The Morgan fingerprint density at radius 3 is 3.04 bits per heavy atom. The van der Waals surface area contributed by atoms with E-state index in [2.05, 4.69) is 17.0 Å². The third-order valence-electron chi connectivity index (χ3n) is 4.95. The summed E-state index contributed by atoms with van der Waals surface area (Å²) in [5.41, 5.74) is 1.21. The van der Waals surface area contributed by atoms with Crippen molar-refractivity contribution in [2.45, 2.75) is 56.2 Å². The minimum absolute atomic E-state index is 0.231. The lowest BCUT2D eigenvalue weighted by molar-refractivity contribution is -0.132. The molecule has 2 aliphatic rings. The molecule has 2 atom stereocenters. The molecule has 2 heterocycles. The second-order valence-electron chi connectivity index (χ2n) is 6.60. The van der Waals surface area contributed by atoms with Crippen molar-refractivity contribution in [1.29, 1.82) is 0 Å². The molecule has 2 saturated heterocycles. The maximum absolute atomic E-state index is 12.7. The highest BCUT2D eigenvalue weighted by molar-refractivity contribution is 8.77. The number of hydrogen-bond donors (Lipinski definition) is 0. The van der Waals surface area contributed by atoms with Crippen molar-refractivity contribution < 1.29 is 9.53 Å². The van der Waals surface area contributed by atoms with Crippen molar-refractivity contribution in [3.05, 3.63) is 29.8 Å². The Bertz CT molecular complexity index is 546. The fourth-order valence-electron chi connectivity index (χ4n) is 3.62. The molecule has 3 rings (SSSR count). The van der Waals surface area contributed by atoms with Crippen molar-refractivity contribution >= 4 is 27.5 Å². The lowest BCUT2D eigenvalue weighted by Crippen LogP contribution is -2.30. The standard InChI is InChI=1S/C19H27NO2S2/c1-22-16-7-4-6-15(14-16)18-9-5-12-20(18)19(21)10-3-2-8-17-11-13-23-24-17/h4,6-7,14,17-18H,2-3,5,8-13H2,1H3. The van der Waals surface area contributed by atoms with Crippen LogP contribution in [0.1, 0.15) is 56.6 Å². The van der Waals surface area contributed by atoms with Crippen LogP contribution >= 0.6 is 21.6 Å². The van der Waals surface area contributed by atoms with E-state index in [9.17, 15) is 4.79 Å². The minimum Gasteiger partial charge on any atom is -0.497 e. The third kappa shape index (κ3) is 4.63. The van der Waals surface area contributed by atoms with Gasteiger partial charge in [-0.2, -0.15) is 0 Å². The van der Waals surface area contributed by atoms with Crippen LogP contribution in [-0.2, 0) is 4.79 Å². The van der Waals surface area contributed by atoms with Crippen LogP contribution < -0.4 is 4.74 Å². The van der Waals surface area contributed by atoms with E-state index in [1.54, 1.807) is 7.11 Å². The second kappa shape index (κ2) is 9.04. The summed E-state index contributed by atoms with van der Waals surface area (Å²) in [5, 5.41) is 0.821. The third-order valence-corrected chi connectivity index (χ3v) is 7.95. The molecule has 2 unspecified atom stereocenters. The number of methoxy groups -OCH3 is 1. The van der Waals surface area contributed by atoms with Crippen LogP contribution in [0.3, 0.4) is 0 Å². The van der Waals surface area contributed by atoms with Gasteiger partial charge in [-0.15, -0.1) is 0 Å². The fraction of sp³-hybridized carbons (Fsp3) is 0.632. The van der Waals surface area contributed by atoms with Crippen molar-refractivity contribution in [2.24, 2.45) is 0 Å². The molecular formula is C19H27NO2S2. The lowest BCUT2D eigenvalue weighted by atomic mass is 10.0. The van der Waals surface area contributed by atoms with Crippen LogP contribution in [0, 0.1) is 0 Å². The summed E-state index contributed by atoms with van der Waals surface area (Å²) in [5.74, 6) is 2.50. The molecule has 3 nitrogen and oxygen atoms in total. The van der Waals surface area contributed by atoms with Crippen LogP contribution in [0.2, 0.25) is 0 Å². The maximum Gasteiger partial charge on any atom is 0.223 e. The summed E-state index contributed by atoms with van der Waals surface area (Å²) in [6, 6.07) is 8.41. The average Bonchev–Trinajstić information content (AvgIpc) is 3.30. The highest BCUT2D eigenvalue weighted by Crippen LogP contribution is 2.40. The second-order valence-corrected chi connectivity index (χ2v) is 9.38. The van der Waals surface area contributed by atoms with E-state index >= 15 is 0 Å². The van der Waals surface area contributed by atoms with Crippen molar-refractivity contribution in [3.63, 3.8) is 0 Å². The molecule has 132 valence electrons. The molecule has 0 saturated carbocycles. The molecule has 1 aromatic rings. The first-order valence-corrected chi connectivity index (χ1v) is 11.4. The fourth-order valence-corrected chi connectivity index (χ4v) is 6.64. The zero-order valence-electron chi connectivity index (χ0n) is 14.4. The first kappa shape index (κ1) is 18.0. The Kier molecular flexibility index (Phi) is 6.78. The number of amides is 1. The summed E-state index contributed by atoms with van der Waals surface area (Å²) in [6.45, 7) is 0.899. The SMILES string of the molecule is COc1cccc(C2CCCN2C(=O)CCCCC2CCSS2)c1. The van der Waals surface area contributed by atoms with Crippen LogP contribution in [0.25, 0.3) is 0 Å². The van der Waals surface area contributed by atoms with Crippen LogP contribution in [0.4, 0.5) is 0 Å². The van der Waals surface area contributed by atoms with Crippen molar-refractivity contribution in [3.8, 4) is 5.75 Å². The van der Waals surface area contributed by atoms with E-state index in [4.69, 9.17) is 4.74 Å². The number of carbonyl (C=O) groups is 1. The normalized spacial score (nSPS) is 23.6. The molecule has 0 spiro atoms. The maximum atomic E-state index is 12.7. The number of ether oxygens (including phenoxy) is 1. The number of benzene rings is 1. The van der Waals surface area contributed by atoms with Crippen molar-refractivity contribution in [1.82, 2.24) is 4.90 Å². The summed E-state index contributed by atoms with van der Waals surface area (Å²) in [6.07, 6.45) is 7.69. The molecule has 0 aliphatic carbocycles. The Morgan fingerprint density at radius 1 is 1.33 bits per heavy atom. The Morgan fingerprint density at radius 2 is 2.25 bits per heavy atom. The Balaban J connectivity index is 1.49. The molecule has 0 aromatic heterocycles. The zero-order chi connectivity index (χ0) is 16.8. The van der Waals surface area contributed by atoms with Gasteiger partial charge in [-0.3, -0.25) is 4.79 Å². The molecule has 0 radical (unpaired) electrons. The summed E-state index contributed by atoms with van der Waals surface area (Å²) in [4.78, 5) is 14.8. The molecule has 2 fully saturated rings. The van der Waals surface area contributed by atoms with Gasteiger partial charge in [0.1, 0.15) is 5.75 Å². The quantitative estimate of drug-likeness (QED) is 0.498. The predicted octanol–water partition coefficient (Wildman–Crippen LogP) is 5.07. The van der Waals surface area contributed by atoms with Gasteiger partial charge in [0.2, 0.25) is 5.91 Å². The lowest BCUT2D eigenvalue weighted by Gasteiger charge is -2.25. The van der Waals surface area contributed by atoms with Gasteiger partial charge in [0.05, 0.1) is 13.2 Å². The van der Waals surface area contributed by atoms with Gasteiger partial charge in [0.25, 0.3) is 0 Å². The molecule has 24 heavy (non-hydrogen) atoms. The van der Waals surface area contributed by atoms with Crippen LogP contribution in [0.15, 0.2) is 24.3 Å². The van der Waals surface area contributed by atoms with Crippen LogP contribution in [-0.4, -0.2) is 35.5 Å². The molecule has 5 heteroatoms. The van der Waals surface area contributed by atoms with Gasteiger partial charge < -0.3 is 9.64 Å². The largest absolute Gasteiger partial charge is 0.497 e. The van der Waals surface area contributed by atoms with Gasteiger partial charge in [-0.25, -0.2) is 0 Å². The molecule has 0 N–H and O–H groups in total. The molecule has 1 aromatic carbocycles. The number of unbranched alkanes of at least 4 members (excludes halogenated alkanes) is 1. The zero-order valence-corrected chi connectivity index (χ0v) is 16.0. The number of hydrogen-bond acceptors (Lipinski definition) is 4. The molecule has 2 aliphatic heterocycles. The van der Waals surface area contributed by atoms with E-state index in [1.165, 1.54) is 30.6 Å². The number of rotatable bonds is 7. The van der Waals surface area contributed by atoms with Gasteiger partial charge in [-0.05, 0) is 49.8 Å². The van der Waals surface area contributed by atoms with Gasteiger partial charge in [0.15, 0.2) is 0 Å². The summed E-state index contributed by atoms with van der Waals surface area (Å²) in [7, 11) is 5.73. The van der Waals surface area contributed by atoms with Gasteiger partial charge >= 0.3 is 0 Å². The number of likely N-dealkylation sites (tertiary alicyclic amines) is 1. The van der Waals surface area contributed by atoms with Crippen LogP contribution in [0.5, 0.6) is 5.75 Å². The highest BCUT2D eigenvalue weighted by atomic mass is 33.1. The summed E-state index contributed by atoms with van der Waals surface area (Å²) < 4.78 is 5.33. The average molecular weight is 366 g/mol. The van der Waals surface area contributed by atoms with E-state index in [1.807, 2.05) is 33.7 Å². The van der Waals surface area contributed by atoms with E-state index < -0.39 is 0 Å². The first-order valence-electron chi connectivity index (χ1n) is 8.99. The summed E-state index contributed by atoms with van der Waals surface area (Å²) >= 11 is 0. The topological polar surface area (TPSA) is 29.5 Å². The Hall–Kier alpha value is -0.810. The highest BCUT2D eigenvalue weighted by Gasteiger charge is 2.29. The Labute approximate surface area is 153 Å². The first-order chi connectivity index (χ1) is 11.8. The van der Waals surface area contributed by atoms with E-state index in [0.717, 1.165) is 36.8 Å². The number of carbonyl (C=O) groups excluding carboxylic acids is 1. The van der Waals surface area contributed by atoms with E-state index in [-0.39, 0.29) is 6.04 Å². The minimum atomic E-state index is 0.231. The predicted molar refractivity (Wildman–Crippen MR) is 104 cm³/mol. The van der Waals surface area contributed by atoms with E-state index in [0.29, 0.717) is 12.3 Å². The molecule has 0 bridgehead atoms. The number of nitrogens with zero attached hydrogens (tertiary/aromatic N) is 1. The molecular weight excluding hydrogens is 338 g/mol. The van der Waals surface area contributed by atoms with Gasteiger partial charge in [-0.1, -0.05) is 40.1 Å².